The maximum absolute atomic E-state index is 12.7. The summed E-state index contributed by atoms with van der Waals surface area (Å²) in [5.74, 6) is -0.593. The maximum Gasteiger partial charge on any atom is 0.322 e. The number of rotatable bonds is 4. The van der Waals surface area contributed by atoms with Crippen molar-refractivity contribution in [3.63, 3.8) is 0 Å². The van der Waals surface area contributed by atoms with Gasteiger partial charge in [-0.05, 0) is 48.5 Å². The molecule has 0 unspecified atom stereocenters. The molecular formula is C20H21ClN4O4. The highest BCUT2D eigenvalue weighted by atomic mass is 35.5. The minimum atomic E-state index is -0.813. The number of amides is 4. The average molecular weight is 417 g/mol. The molecule has 9 heteroatoms. The van der Waals surface area contributed by atoms with Crippen LogP contribution in [0.2, 0.25) is 5.02 Å². The maximum atomic E-state index is 12.7. The molecule has 2 aromatic carbocycles. The Bertz CT molecular complexity index is 902. The lowest BCUT2D eigenvalue weighted by atomic mass is 10.1. The van der Waals surface area contributed by atoms with Crippen molar-refractivity contribution in [3.05, 3.63) is 53.6 Å². The third-order valence-electron chi connectivity index (χ3n) is 4.41. The van der Waals surface area contributed by atoms with Crippen LogP contribution in [0.4, 0.5) is 21.9 Å². The van der Waals surface area contributed by atoms with Crippen LogP contribution >= 0.6 is 11.6 Å². The zero-order valence-electron chi connectivity index (χ0n) is 15.7. The molecule has 152 valence electrons. The monoisotopic (exact) mass is 416 g/mol. The lowest BCUT2D eigenvalue weighted by Gasteiger charge is -2.24. The smallest absolute Gasteiger partial charge is 0.322 e. The van der Waals surface area contributed by atoms with Crippen LogP contribution in [0.15, 0.2) is 48.5 Å². The van der Waals surface area contributed by atoms with Crippen molar-refractivity contribution < 1.29 is 19.5 Å². The molecule has 4 N–H and O–H groups in total. The van der Waals surface area contributed by atoms with Gasteiger partial charge in [-0.1, -0.05) is 11.6 Å². The van der Waals surface area contributed by atoms with E-state index in [4.69, 9.17) is 11.6 Å². The Kier molecular flexibility index (Phi) is 6.36. The first-order valence-corrected chi connectivity index (χ1v) is 9.39. The number of β-amino-alcohol motifs (C(OH)–C–C–N with tert-alkyl or cyclic N) is 1. The fourth-order valence-electron chi connectivity index (χ4n) is 3.08. The number of hydrogen-bond donors (Lipinski definition) is 4. The van der Waals surface area contributed by atoms with Crippen molar-refractivity contribution in [1.82, 2.24) is 4.90 Å². The SMILES string of the molecule is CC(=O)Nc1ccc(NC(=O)[C@H]2C[C@@H](O)CN2C(=O)Nc2ccc(Cl)cc2)cc1. The van der Waals surface area contributed by atoms with E-state index in [2.05, 4.69) is 16.0 Å². The van der Waals surface area contributed by atoms with Crippen LogP contribution in [0, 0.1) is 0 Å². The normalized spacial score (nSPS) is 18.2. The number of nitrogens with one attached hydrogen (secondary N) is 3. The number of hydrogen-bond acceptors (Lipinski definition) is 4. The zero-order chi connectivity index (χ0) is 21.0. The van der Waals surface area contributed by atoms with Crippen molar-refractivity contribution in [1.29, 1.82) is 0 Å². The van der Waals surface area contributed by atoms with E-state index < -0.39 is 24.1 Å². The second kappa shape index (κ2) is 8.93. The van der Waals surface area contributed by atoms with Gasteiger partial charge >= 0.3 is 6.03 Å². The van der Waals surface area contributed by atoms with Gasteiger partial charge in [-0.3, -0.25) is 9.59 Å². The molecule has 0 radical (unpaired) electrons. The van der Waals surface area contributed by atoms with Gasteiger partial charge in [0.2, 0.25) is 11.8 Å². The van der Waals surface area contributed by atoms with E-state index in [9.17, 15) is 19.5 Å². The van der Waals surface area contributed by atoms with E-state index in [1.54, 1.807) is 48.5 Å². The van der Waals surface area contributed by atoms with E-state index in [-0.39, 0.29) is 18.9 Å². The molecule has 8 nitrogen and oxygen atoms in total. The highest BCUT2D eigenvalue weighted by molar-refractivity contribution is 6.30. The summed E-state index contributed by atoms with van der Waals surface area (Å²) in [4.78, 5) is 37.7. The molecule has 1 aliphatic rings. The van der Waals surface area contributed by atoms with Crippen LogP contribution in [-0.4, -0.2) is 46.5 Å². The average Bonchev–Trinajstić information content (AvgIpc) is 3.07. The number of urea groups is 1. The summed E-state index contributed by atoms with van der Waals surface area (Å²) >= 11 is 5.84. The molecule has 0 aliphatic carbocycles. The van der Waals surface area contributed by atoms with Crippen molar-refractivity contribution in [2.75, 3.05) is 22.5 Å². The predicted molar refractivity (Wildman–Crippen MR) is 111 cm³/mol. The Morgan fingerprint density at radius 1 is 0.931 bits per heavy atom. The summed E-state index contributed by atoms with van der Waals surface area (Å²) in [6, 6.07) is 11.9. The van der Waals surface area contributed by atoms with Crippen LogP contribution in [0.3, 0.4) is 0 Å². The minimum Gasteiger partial charge on any atom is -0.391 e. The Morgan fingerprint density at radius 2 is 1.45 bits per heavy atom. The number of halogens is 1. The number of carbonyl (C=O) groups excluding carboxylic acids is 3. The van der Waals surface area contributed by atoms with Gasteiger partial charge < -0.3 is 26.0 Å². The number of anilines is 3. The van der Waals surface area contributed by atoms with Crippen LogP contribution in [0.25, 0.3) is 0 Å². The molecule has 3 rings (SSSR count). The van der Waals surface area contributed by atoms with E-state index >= 15 is 0 Å². The van der Waals surface area contributed by atoms with Crippen LogP contribution < -0.4 is 16.0 Å². The number of carbonyl (C=O) groups is 3. The first-order chi connectivity index (χ1) is 13.8. The Morgan fingerprint density at radius 3 is 2.03 bits per heavy atom. The fraction of sp³-hybridized carbons (Fsp3) is 0.250. The lowest BCUT2D eigenvalue weighted by molar-refractivity contribution is -0.119. The summed E-state index contributed by atoms with van der Waals surface area (Å²) in [6.45, 7) is 1.46. The molecule has 1 saturated heterocycles. The molecule has 1 heterocycles. The van der Waals surface area contributed by atoms with Gasteiger partial charge in [0.1, 0.15) is 6.04 Å². The van der Waals surface area contributed by atoms with Gasteiger partial charge in [-0.2, -0.15) is 0 Å². The van der Waals surface area contributed by atoms with Crippen molar-refractivity contribution in [2.45, 2.75) is 25.5 Å². The number of aliphatic hydroxyl groups is 1. The van der Waals surface area contributed by atoms with Crippen LogP contribution in [-0.2, 0) is 9.59 Å². The lowest BCUT2D eigenvalue weighted by Crippen LogP contribution is -2.45. The first kappa shape index (κ1) is 20.6. The Hall–Kier alpha value is -3.10. The minimum absolute atomic E-state index is 0.0545. The highest BCUT2D eigenvalue weighted by Crippen LogP contribution is 2.22. The van der Waals surface area contributed by atoms with Gasteiger partial charge in [-0.25, -0.2) is 4.79 Å². The molecule has 0 aromatic heterocycles. The third kappa shape index (κ3) is 5.46. The van der Waals surface area contributed by atoms with Crippen LogP contribution in [0.5, 0.6) is 0 Å². The molecule has 2 aromatic rings. The van der Waals surface area contributed by atoms with Gasteiger partial charge in [0.15, 0.2) is 0 Å². The number of benzene rings is 2. The molecular weight excluding hydrogens is 396 g/mol. The summed E-state index contributed by atoms with van der Waals surface area (Å²) < 4.78 is 0. The summed E-state index contributed by atoms with van der Waals surface area (Å²) in [7, 11) is 0. The topological polar surface area (TPSA) is 111 Å². The Balaban J connectivity index is 1.65. The van der Waals surface area contributed by atoms with Crippen molar-refractivity contribution in [2.24, 2.45) is 0 Å². The first-order valence-electron chi connectivity index (χ1n) is 9.01. The largest absolute Gasteiger partial charge is 0.391 e. The molecule has 0 spiro atoms. The van der Waals surface area contributed by atoms with Gasteiger partial charge in [0.05, 0.1) is 6.10 Å². The molecule has 1 fully saturated rings. The molecule has 4 amide bonds. The summed E-state index contributed by atoms with van der Waals surface area (Å²) in [5, 5.41) is 18.6. The quantitative estimate of drug-likeness (QED) is 0.614. The zero-order valence-corrected chi connectivity index (χ0v) is 16.4. The third-order valence-corrected chi connectivity index (χ3v) is 4.66. The Labute approximate surface area is 172 Å². The number of likely N-dealkylation sites (tertiary alicyclic amines) is 1. The van der Waals surface area contributed by atoms with Gasteiger partial charge in [0, 0.05) is 42.0 Å². The molecule has 0 saturated carbocycles. The number of aliphatic hydroxyl groups excluding tert-OH is 1. The second-order valence-corrected chi connectivity index (χ2v) is 7.18. The molecule has 0 bridgehead atoms. The van der Waals surface area contributed by atoms with E-state index in [1.807, 2.05) is 0 Å². The van der Waals surface area contributed by atoms with Crippen molar-refractivity contribution >= 4 is 46.5 Å². The van der Waals surface area contributed by atoms with Crippen LogP contribution in [0.1, 0.15) is 13.3 Å². The molecule has 1 aliphatic heterocycles. The van der Waals surface area contributed by atoms with Crippen molar-refractivity contribution in [3.8, 4) is 0 Å². The van der Waals surface area contributed by atoms with E-state index in [0.717, 1.165) is 0 Å². The summed E-state index contributed by atoms with van der Waals surface area (Å²) in [6.07, 6.45) is -0.645. The van der Waals surface area contributed by atoms with Gasteiger partial charge in [-0.15, -0.1) is 0 Å². The second-order valence-electron chi connectivity index (χ2n) is 6.74. The fourth-order valence-corrected chi connectivity index (χ4v) is 3.21. The predicted octanol–water partition coefficient (Wildman–Crippen LogP) is 2.90. The molecule has 2 atom stereocenters. The summed E-state index contributed by atoms with van der Waals surface area (Å²) in [5.41, 5.74) is 1.66. The van der Waals surface area contributed by atoms with E-state index in [0.29, 0.717) is 22.1 Å². The highest BCUT2D eigenvalue weighted by Gasteiger charge is 2.39. The standard InChI is InChI=1S/C20H21ClN4O4/c1-12(26)22-14-6-8-15(9-7-14)23-19(28)18-10-17(27)11-25(18)20(29)24-16-4-2-13(21)3-5-16/h2-9,17-18,27H,10-11H2,1H3,(H,22,26)(H,23,28)(H,24,29)/t17-,18-/m1/s1. The van der Waals surface area contributed by atoms with E-state index in [1.165, 1.54) is 11.8 Å². The van der Waals surface area contributed by atoms with Gasteiger partial charge in [0.25, 0.3) is 0 Å². The number of nitrogens with zero attached hydrogens (tertiary/aromatic N) is 1. The molecule has 29 heavy (non-hydrogen) atoms.